The molecule has 0 aliphatic carbocycles. The summed E-state index contributed by atoms with van der Waals surface area (Å²) in [4.78, 5) is 1.64. The second kappa shape index (κ2) is 4.18. The predicted octanol–water partition coefficient (Wildman–Crippen LogP) is 1.50. The number of H-pyrrole nitrogens is 1. The molecule has 0 bridgehead atoms. The van der Waals surface area contributed by atoms with Gasteiger partial charge in [0.15, 0.2) is 0 Å². The maximum atomic E-state index is 5.11. The van der Waals surface area contributed by atoms with Crippen LogP contribution >= 0.6 is 23.6 Å². The fourth-order valence-electron chi connectivity index (χ4n) is 1.27. The van der Waals surface area contributed by atoms with Gasteiger partial charge in [0.05, 0.1) is 0 Å². The van der Waals surface area contributed by atoms with Gasteiger partial charge in [0.1, 0.15) is 6.54 Å². The van der Waals surface area contributed by atoms with E-state index < -0.39 is 0 Å². The normalized spacial score (nSPS) is 10.8. The lowest BCUT2D eigenvalue weighted by Crippen LogP contribution is -2.04. The van der Waals surface area contributed by atoms with Crippen LogP contribution in [0.4, 0.5) is 0 Å². The van der Waals surface area contributed by atoms with Gasteiger partial charge in [-0.05, 0) is 28.9 Å². The molecule has 0 saturated heterocycles. The predicted molar refractivity (Wildman–Crippen MR) is 61.9 cm³/mol. The van der Waals surface area contributed by atoms with Gasteiger partial charge in [-0.15, -0.1) is 15.3 Å². The fraction of sp³-hybridized carbons (Fsp3) is 0.125. The second-order valence-electron chi connectivity index (χ2n) is 3.16. The van der Waals surface area contributed by atoms with Crippen molar-refractivity contribution in [3.8, 4) is 11.4 Å². The molecule has 0 amide bonds. The van der Waals surface area contributed by atoms with Crippen LogP contribution in [0.3, 0.4) is 0 Å². The number of hydrogen-bond donors (Lipinski definition) is 1. The quantitative estimate of drug-likeness (QED) is 0.723. The topological polar surface area (TPSA) is 85.4 Å². The molecule has 0 aliphatic rings. The lowest BCUT2D eigenvalue weighted by atomic mass is 10.3. The second-order valence-corrected chi connectivity index (χ2v) is 4.31. The van der Waals surface area contributed by atoms with E-state index in [1.807, 2.05) is 16.8 Å². The molecule has 0 radical (unpaired) electrons. The third-order valence-electron chi connectivity index (χ3n) is 1.99. The molecule has 3 aromatic rings. The van der Waals surface area contributed by atoms with E-state index in [-0.39, 0.29) is 4.84 Å². The lowest BCUT2D eigenvalue weighted by molar-refractivity contribution is 0.432. The highest BCUT2D eigenvalue weighted by atomic mass is 32.1. The van der Waals surface area contributed by atoms with Crippen molar-refractivity contribution in [2.75, 3.05) is 0 Å². The summed E-state index contributed by atoms with van der Waals surface area (Å²) in [6.07, 6.45) is 0. The van der Waals surface area contributed by atoms with Crippen LogP contribution in [0.15, 0.2) is 21.2 Å². The summed E-state index contributed by atoms with van der Waals surface area (Å²) in [5, 5.41) is 22.4. The molecular formula is C8H6N6OS2. The molecule has 0 unspecified atom stereocenters. The molecule has 0 saturated carbocycles. The summed E-state index contributed by atoms with van der Waals surface area (Å²) in [6.45, 7) is 0.296. The van der Waals surface area contributed by atoms with Crippen molar-refractivity contribution in [1.82, 2.24) is 30.4 Å². The summed E-state index contributed by atoms with van der Waals surface area (Å²) >= 11 is 6.35. The Morgan fingerprint density at radius 1 is 1.53 bits per heavy atom. The minimum atomic E-state index is 0.234. The monoisotopic (exact) mass is 266 g/mol. The highest BCUT2D eigenvalue weighted by molar-refractivity contribution is 7.71. The van der Waals surface area contributed by atoms with Crippen LogP contribution in [0.25, 0.3) is 11.4 Å². The van der Waals surface area contributed by atoms with Crippen molar-refractivity contribution in [3.05, 3.63) is 27.6 Å². The van der Waals surface area contributed by atoms with Crippen LogP contribution < -0.4 is 0 Å². The van der Waals surface area contributed by atoms with E-state index in [1.165, 1.54) is 4.80 Å². The Labute approximate surface area is 104 Å². The Bertz CT molecular complexity index is 666. The molecule has 7 nitrogen and oxygen atoms in total. The van der Waals surface area contributed by atoms with Crippen LogP contribution in [-0.4, -0.2) is 30.4 Å². The Morgan fingerprint density at radius 3 is 3.18 bits per heavy atom. The number of rotatable bonds is 3. The van der Waals surface area contributed by atoms with E-state index in [0.29, 0.717) is 18.3 Å². The smallest absolute Gasteiger partial charge is 0.284 e. The Kier molecular flexibility index (Phi) is 2.53. The molecule has 0 fully saturated rings. The first-order chi connectivity index (χ1) is 8.31. The number of tetrazole rings is 1. The lowest BCUT2D eigenvalue weighted by Gasteiger charge is -1.90. The third-order valence-corrected chi connectivity index (χ3v) is 2.85. The molecule has 3 rings (SSSR count). The number of nitrogens with one attached hydrogen (secondary N) is 1. The summed E-state index contributed by atoms with van der Waals surface area (Å²) in [7, 11) is 0. The number of nitrogens with zero attached hydrogens (tertiary/aromatic N) is 5. The Balaban J connectivity index is 1.83. The molecule has 0 aliphatic heterocycles. The van der Waals surface area contributed by atoms with Crippen molar-refractivity contribution >= 4 is 23.6 Å². The minimum absolute atomic E-state index is 0.234. The van der Waals surface area contributed by atoms with Gasteiger partial charge in [-0.2, -0.15) is 16.1 Å². The first-order valence-corrected chi connectivity index (χ1v) is 6.01. The summed E-state index contributed by atoms with van der Waals surface area (Å²) in [5.41, 5.74) is 0.948. The van der Waals surface area contributed by atoms with Crippen LogP contribution in [0, 0.1) is 4.84 Å². The molecule has 0 spiro atoms. The first kappa shape index (κ1) is 10.3. The van der Waals surface area contributed by atoms with Crippen LogP contribution in [0.5, 0.6) is 0 Å². The van der Waals surface area contributed by atoms with Gasteiger partial charge in [-0.1, -0.05) is 0 Å². The Hall–Kier alpha value is -1.87. The summed E-state index contributed by atoms with van der Waals surface area (Å²) < 4.78 is 5.11. The molecule has 86 valence electrons. The number of thiophene rings is 1. The highest BCUT2D eigenvalue weighted by Crippen LogP contribution is 2.16. The standard InChI is InChI=1S/C8H6N6OS2/c16-8-11-9-6(15-8)3-14-12-7(10-13-14)5-1-2-17-4-5/h1-2,4H,3H2,(H,11,16). The molecule has 1 N–H and O–H groups in total. The van der Waals surface area contributed by atoms with Gasteiger partial charge >= 0.3 is 0 Å². The zero-order valence-corrected chi connectivity index (χ0v) is 10.0. The zero-order chi connectivity index (χ0) is 11.7. The largest absolute Gasteiger partial charge is 0.412 e. The number of hydrogen-bond acceptors (Lipinski definition) is 7. The summed E-state index contributed by atoms with van der Waals surface area (Å²) in [6, 6.07) is 1.94. The van der Waals surface area contributed by atoms with Gasteiger partial charge in [0.2, 0.25) is 11.7 Å². The third kappa shape index (κ3) is 2.15. The molecule has 17 heavy (non-hydrogen) atoms. The molecule has 9 heteroatoms. The van der Waals surface area contributed by atoms with E-state index in [2.05, 4.69) is 25.6 Å². The molecule has 3 heterocycles. The van der Waals surface area contributed by atoms with Gasteiger partial charge < -0.3 is 4.42 Å². The average Bonchev–Trinajstić information content (AvgIpc) is 3.00. The van der Waals surface area contributed by atoms with Crippen LogP contribution in [0.1, 0.15) is 5.89 Å². The highest BCUT2D eigenvalue weighted by Gasteiger charge is 2.08. The molecule has 0 aromatic carbocycles. The maximum Gasteiger partial charge on any atom is 0.284 e. The van der Waals surface area contributed by atoms with Crippen molar-refractivity contribution in [2.24, 2.45) is 0 Å². The van der Waals surface area contributed by atoms with E-state index in [4.69, 9.17) is 16.6 Å². The molecule has 0 atom stereocenters. The Morgan fingerprint density at radius 2 is 2.47 bits per heavy atom. The van der Waals surface area contributed by atoms with Crippen molar-refractivity contribution in [2.45, 2.75) is 6.54 Å². The van der Waals surface area contributed by atoms with E-state index in [9.17, 15) is 0 Å². The fourth-order valence-corrected chi connectivity index (χ4v) is 2.04. The van der Waals surface area contributed by atoms with Gasteiger partial charge in [-0.25, -0.2) is 5.10 Å². The van der Waals surface area contributed by atoms with Crippen molar-refractivity contribution in [3.63, 3.8) is 0 Å². The van der Waals surface area contributed by atoms with Gasteiger partial charge in [0.25, 0.3) is 4.84 Å². The number of aromatic nitrogens is 6. The maximum absolute atomic E-state index is 5.11. The molecular weight excluding hydrogens is 260 g/mol. The van der Waals surface area contributed by atoms with Crippen LogP contribution in [-0.2, 0) is 6.54 Å². The van der Waals surface area contributed by atoms with E-state index in [0.717, 1.165) is 5.56 Å². The van der Waals surface area contributed by atoms with Crippen LogP contribution in [0.2, 0.25) is 0 Å². The summed E-state index contributed by atoms with van der Waals surface area (Å²) in [5.74, 6) is 1.00. The SMILES string of the molecule is S=c1[nH]nc(Cn2nnc(-c3ccsc3)n2)o1. The first-order valence-electron chi connectivity index (χ1n) is 4.66. The molecule has 3 aromatic heterocycles. The van der Waals surface area contributed by atoms with E-state index >= 15 is 0 Å². The number of aromatic amines is 1. The van der Waals surface area contributed by atoms with Gasteiger partial charge in [0, 0.05) is 10.9 Å². The van der Waals surface area contributed by atoms with Crippen molar-refractivity contribution < 1.29 is 4.42 Å². The van der Waals surface area contributed by atoms with Gasteiger partial charge in [-0.3, -0.25) is 0 Å². The minimum Gasteiger partial charge on any atom is -0.412 e. The zero-order valence-electron chi connectivity index (χ0n) is 8.40. The van der Waals surface area contributed by atoms with E-state index in [1.54, 1.807) is 11.3 Å². The van der Waals surface area contributed by atoms with Crippen molar-refractivity contribution in [1.29, 1.82) is 0 Å². The average molecular weight is 266 g/mol.